The number of nitrogens with zero attached hydrogens (tertiary/aromatic N) is 4. The van der Waals surface area contributed by atoms with Crippen LogP contribution in [-0.2, 0) is 6.54 Å². The summed E-state index contributed by atoms with van der Waals surface area (Å²) in [7, 11) is 0. The van der Waals surface area contributed by atoms with E-state index in [2.05, 4.69) is 33.0 Å². The summed E-state index contributed by atoms with van der Waals surface area (Å²) in [5, 5.41) is 17.5. The summed E-state index contributed by atoms with van der Waals surface area (Å²) in [6.45, 7) is 5.10. The molecular weight excluding hydrogens is 364 g/mol. The highest BCUT2D eigenvalue weighted by molar-refractivity contribution is 7.80. The van der Waals surface area contributed by atoms with Gasteiger partial charge in [0.05, 0.1) is 18.2 Å². The molecule has 10 heteroatoms. The molecule has 0 fully saturated rings. The lowest BCUT2D eigenvalue weighted by Gasteiger charge is -2.09. The van der Waals surface area contributed by atoms with Crippen LogP contribution in [0.5, 0.6) is 5.75 Å². The van der Waals surface area contributed by atoms with Gasteiger partial charge in [-0.2, -0.15) is 4.80 Å². The van der Waals surface area contributed by atoms with E-state index in [4.69, 9.17) is 28.6 Å². The van der Waals surface area contributed by atoms with Crippen molar-refractivity contribution in [3.63, 3.8) is 0 Å². The van der Waals surface area contributed by atoms with Gasteiger partial charge in [-0.05, 0) is 49.0 Å². The third-order valence-electron chi connectivity index (χ3n) is 3.11. The van der Waals surface area contributed by atoms with Crippen LogP contribution >= 0.6 is 23.8 Å². The molecule has 0 saturated heterocycles. The number of benzene rings is 1. The van der Waals surface area contributed by atoms with Crippen molar-refractivity contribution in [3.8, 4) is 5.75 Å². The van der Waals surface area contributed by atoms with Crippen LogP contribution in [0.15, 0.2) is 18.2 Å². The van der Waals surface area contributed by atoms with Gasteiger partial charge in [0.15, 0.2) is 5.11 Å². The Balaban J connectivity index is 1.92. The third kappa shape index (κ3) is 5.64. The van der Waals surface area contributed by atoms with Crippen LogP contribution in [0.2, 0.25) is 5.02 Å². The van der Waals surface area contributed by atoms with E-state index in [9.17, 15) is 4.79 Å². The van der Waals surface area contributed by atoms with Gasteiger partial charge in [-0.15, -0.1) is 5.10 Å². The Bertz CT molecular complexity index is 751. The number of tetrazole rings is 1. The molecule has 2 aromatic rings. The number of aromatic nitrogens is 4. The number of unbranched alkanes of at least 4 members (excludes halogenated alkanes) is 1. The second-order valence-corrected chi connectivity index (χ2v) is 5.86. The molecule has 1 amide bonds. The van der Waals surface area contributed by atoms with Gasteiger partial charge in [0.2, 0.25) is 0 Å². The molecule has 2 rings (SSSR count). The van der Waals surface area contributed by atoms with Crippen molar-refractivity contribution in [2.45, 2.75) is 33.2 Å². The molecule has 0 bridgehead atoms. The highest BCUT2D eigenvalue weighted by Gasteiger charge is 2.12. The zero-order valence-electron chi connectivity index (χ0n) is 14.0. The lowest BCUT2D eigenvalue weighted by atomic mass is 10.2. The standard InChI is InChI=1S/C15H19ClN6O2S/c1-3-5-8-22-20-14(19-21-22)18-15(25)17-13(23)10-6-7-12(24-4-2)11(16)9-10/h6-7,9H,3-5,8H2,1-2H3,(H2,17,18,20,23,25). The number of hydrogen-bond acceptors (Lipinski definition) is 6. The predicted octanol–water partition coefficient (Wildman–Crippen LogP) is 2.65. The number of halogens is 1. The van der Waals surface area contributed by atoms with Crippen molar-refractivity contribution < 1.29 is 9.53 Å². The Kier molecular flexibility index (Phi) is 7.08. The molecule has 0 aliphatic heterocycles. The first-order valence-corrected chi connectivity index (χ1v) is 8.64. The smallest absolute Gasteiger partial charge is 0.269 e. The molecule has 0 aliphatic rings. The van der Waals surface area contributed by atoms with Crippen LogP contribution in [0.4, 0.5) is 5.95 Å². The Morgan fingerprint density at radius 3 is 2.88 bits per heavy atom. The highest BCUT2D eigenvalue weighted by atomic mass is 35.5. The number of carbonyl (C=O) groups excluding carboxylic acids is 1. The van der Waals surface area contributed by atoms with Crippen LogP contribution in [-0.4, -0.2) is 37.8 Å². The maximum Gasteiger partial charge on any atom is 0.269 e. The topological polar surface area (TPSA) is 94.0 Å². The summed E-state index contributed by atoms with van der Waals surface area (Å²) >= 11 is 11.2. The molecule has 2 N–H and O–H groups in total. The normalized spacial score (nSPS) is 10.4. The zero-order chi connectivity index (χ0) is 18.2. The number of amides is 1. The molecule has 134 valence electrons. The van der Waals surface area contributed by atoms with E-state index in [-0.39, 0.29) is 11.1 Å². The number of carbonyl (C=O) groups is 1. The van der Waals surface area contributed by atoms with Crippen molar-refractivity contribution in [3.05, 3.63) is 28.8 Å². The predicted molar refractivity (Wildman–Crippen MR) is 99.0 cm³/mol. The summed E-state index contributed by atoms with van der Waals surface area (Å²) < 4.78 is 5.33. The van der Waals surface area contributed by atoms with E-state index in [1.807, 2.05) is 6.92 Å². The summed E-state index contributed by atoms with van der Waals surface area (Å²) in [5.41, 5.74) is 0.358. The number of ether oxygens (including phenoxy) is 1. The number of thiocarbonyl (C=S) groups is 1. The van der Waals surface area contributed by atoms with Crippen molar-refractivity contribution in [2.24, 2.45) is 0 Å². The number of anilines is 1. The molecule has 0 unspecified atom stereocenters. The summed E-state index contributed by atoms with van der Waals surface area (Å²) in [4.78, 5) is 13.7. The van der Waals surface area contributed by atoms with Crippen LogP contribution in [0.3, 0.4) is 0 Å². The largest absolute Gasteiger partial charge is 0.492 e. The fourth-order valence-corrected chi connectivity index (χ4v) is 2.33. The molecule has 8 nitrogen and oxygen atoms in total. The molecule has 25 heavy (non-hydrogen) atoms. The zero-order valence-corrected chi connectivity index (χ0v) is 15.5. The van der Waals surface area contributed by atoms with Crippen LogP contribution < -0.4 is 15.4 Å². The highest BCUT2D eigenvalue weighted by Crippen LogP contribution is 2.25. The molecular formula is C15H19ClN6O2S. The van der Waals surface area contributed by atoms with Crippen LogP contribution in [0.25, 0.3) is 0 Å². The van der Waals surface area contributed by atoms with E-state index in [1.165, 1.54) is 10.9 Å². The van der Waals surface area contributed by atoms with Crippen LogP contribution in [0, 0.1) is 0 Å². The fourth-order valence-electron chi connectivity index (χ4n) is 1.91. The molecule has 0 spiro atoms. The Hall–Kier alpha value is -2.26. The van der Waals surface area contributed by atoms with Gasteiger partial charge in [0, 0.05) is 5.56 Å². The molecule has 1 aromatic heterocycles. The second kappa shape index (κ2) is 9.28. The minimum atomic E-state index is -0.402. The summed E-state index contributed by atoms with van der Waals surface area (Å²) in [6, 6.07) is 4.76. The Morgan fingerprint density at radius 2 is 2.20 bits per heavy atom. The summed E-state index contributed by atoms with van der Waals surface area (Å²) in [5.74, 6) is 0.348. The summed E-state index contributed by atoms with van der Waals surface area (Å²) in [6.07, 6.45) is 1.99. The fraction of sp³-hybridized carbons (Fsp3) is 0.400. The molecule has 0 atom stereocenters. The molecule has 0 saturated carbocycles. The first kappa shape index (κ1) is 19.1. The Labute approximate surface area is 155 Å². The first-order chi connectivity index (χ1) is 12.0. The van der Waals surface area contributed by atoms with Crippen molar-refractivity contribution in [1.29, 1.82) is 0 Å². The van der Waals surface area contributed by atoms with Gasteiger partial charge < -0.3 is 4.74 Å². The lowest BCUT2D eigenvalue weighted by Crippen LogP contribution is -2.34. The van der Waals surface area contributed by atoms with Gasteiger partial charge in [0.25, 0.3) is 11.9 Å². The van der Waals surface area contributed by atoms with Crippen molar-refractivity contribution in [1.82, 2.24) is 25.5 Å². The van der Waals surface area contributed by atoms with E-state index in [0.29, 0.717) is 29.5 Å². The molecule has 0 radical (unpaired) electrons. The first-order valence-electron chi connectivity index (χ1n) is 7.86. The average molecular weight is 383 g/mol. The maximum atomic E-state index is 12.2. The van der Waals surface area contributed by atoms with E-state index in [0.717, 1.165) is 12.8 Å². The van der Waals surface area contributed by atoms with Crippen LogP contribution in [0.1, 0.15) is 37.0 Å². The number of nitrogens with one attached hydrogen (secondary N) is 2. The third-order valence-corrected chi connectivity index (χ3v) is 3.61. The van der Waals surface area contributed by atoms with E-state index < -0.39 is 5.91 Å². The van der Waals surface area contributed by atoms with E-state index >= 15 is 0 Å². The Morgan fingerprint density at radius 1 is 1.40 bits per heavy atom. The number of aryl methyl sites for hydroxylation is 1. The van der Waals surface area contributed by atoms with E-state index in [1.54, 1.807) is 12.1 Å². The van der Waals surface area contributed by atoms with Gasteiger partial charge in [-0.1, -0.05) is 30.0 Å². The quantitative estimate of drug-likeness (QED) is 0.711. The molecule has 1 heterocycles. The second-order valence-electron chi connectivity index (χ2n) is 5.05. The molecule has 1 aromatic carbocycles. The number of rotatable bonds is 7. The van der Waals surface area contributed by atoms with Crippen molar-refractivity contribution in [2.75, 3.05) is 11.9 Å². The monoisotopic (exact) mass is 382 g/mol. The minimum absolute atomic E-state index is 0.0741. The maximum absolute atomic E-state index is 12.2. The van der Waals surface area contributed by atoms with Gasteiger partial charge in [0.1, 0.15) is 5.75 Å². The van der Waals surface area contributed by atoms with Gasteiger partial charge >= 0.3 is 0 Å². The van der Waals surface area contributed by atoms with Crippen molar-refractivity contribution >= 4 is 40.8 Å². The lowest BCUT2D eigenvalue weighted by molar-refractivity contribution is 0.0977. The minimum Gasteiger partial charge on any atom is -0.492 e. The van der Waals surface area contributed by atoms with Gasteiger partial charge in [-0.3, -0.25) is 15.4 Å². The van der Waals surface area contributed by atoms with Gasteiger partial charge in [-0.25, -0.2) is 0 Å². The molecule has 0 aliphatic carbocycles. The SMILES string of the molecule is CCCCn1nnc(NC(=S)NC(=O)c2ccc(OCC)c(Cl)c2)n1. The number of hydrogen-bond donors (Lipinski definition) is 2. The average Bonchev–Trinajstić information content (AvgIpc) is 3.02.